The number of ether oxygens (including phenoxy) is 1. The van der Waals surface area contributed by atoms with Crippen molar-refractivity contribution in [2.24, 2.45) is 5.92 Å². The van der Waals surface area contributed by atoms with E-state index in [1.54, 1.807) is 30.8 Å². The highest BCUT2D eigenvalue weighted by atomic mass is 16.5. The first-order valence-electron chi connectivity index (χ1n) is 14.5. The highest BCUT2D eigenvalue weighted by Crippen LogP contribution is 2.56. The van der Waals surface area contributed by atoms with Crippen molar-refractivity contribution in [2.45, 2.75) is 68.6 Å². The molecule has 228 valence electrons. The number of carbonyl (C=O) groups excluding carboxylic acids is 1. The van der Waals surface area contributed by atoms with Gasteiger partial charge in [-0.2, -0.15) is 0 Å². The first-order chi connectivity index (χ1) is 20.7. The molecule has 11 heteroatoms. The molecule has 2 aromatic heterocycles. The molecule has 3 aromatic rings. The summed E-state index contributed by atoms with van der Waals surface area (Å²) in [7, 11) is 0. The normalized spacial score (nSPS) is 23.9. The Labute approximate surface area is 248 Å². The van der Waals surface area contributed by atoms with E-state index >= 15 is 0 Å². The van der Waals surface area contributed by atoms with Crippen LogP contribution in [0.15, 0.2) is 65.5 Å². The van der Waals surface area contributed by atoms with Gasteiger partial charge in [0.15, 0.2) is 12.2 Å². The number of nitrogens with zero attached hydrogens (tertiary/aromatic N) is 2. The fourth-order valence-electron chi connectivity index (χ4n) is 7.03. The van der Waals surface area contributed by atoms with Crippen LogP contribution in [0.4, 0.5) is 0 Å². The molecular formula is C32H36N2O9. The van der Waals surface area contributed by atoms with Crippen LogP contribution in [-0.4, -0.2) is 79.6 Å². The SMILES string of the molecule is O=C(O)[C@H](O)[C@@H](O)C(=O)O.O=C(Oc1ccc2c(c1)[C@@]13CCCC[C@H]1[C@@H](C2)N(CCc1ccco1)CC3)c1cccnc1. The number of aromatic nitrogens is 1. The zero-order valence-corrected chi connectivity index (χ0v) is 23.7. The maximum atomic E-state index is 12.6. The number of aliphatic hydroxyl groups excluding tert-OH is 2. The highest BCUT2D eigenvalue weighted by Gasteiger charge is 2.53. The standard InChI is InChI=1S/C28H30N2O3.C4H6O6/c31-27(21-5-3-13-29-19-21)33-23-9-8-20-17-26-24-7-1-2-11-28(24,25(20)18-23)12-15-30(26)14-10-22-6-4-16-32-22;5-1(3(7)8)2(6)4(9)10/h3-6,8-9,13,16,18-19,24,26H,1-2,7,10-12,14-15,17H2;1-2,5-6H,(H,7,8)(H,9,10)/t24-,26+,28+;1-,2-/m01/s1. The molecular weight excluding hydrogens is 556 g/mol. The summed E-state index contributed by atoms with van der Waals surface area (Å²) in [6.45, 7) is 2.18. The number of benzene rings is 1. The van der Waals surface area contributed by atoms with Gasteiger partial charge in [0, 0.05) is 36.8 Å². The summed E-state index contributed by atoms with van der Waals surface area (Å²) >= 11 is 0. The molecule has 1 saturated carbocycles. The largest absolute Gasteiger partial charge is 0.479 e. The molecule has 1 aliphatic heterocycles. The number of carboxylic acid groups (broad SMARTS) is 2. The quantitative estimate of drug-likeness (QED) is 0.224. The molecule has 1 aromatic carbocycles. The monoisotopic (exact) mass is 592 g/mol. The van der Waals surface area contributed by atoms with E-state index < -0.39 is 24.1 Å². The lowest BCUT2D eigenvalue weighted by Gasteiger charge is -2.59. The van der Waals surface area contributed by atoms with Crippen LogP contribution in [0.5, 0.6) is 5.75 Å². The van der Waals surface area contributed by atoms with Crippen LogP contribution in [0, 0.1) is 5.92 Å². The van der Waals surface area contributed by atoms with E-state index in [9.17, 15) is 14.4 Å². The van der Waals surface area contributed by atoms with Gasteiger partial charge in [-0.3, -0.25) is 9.88 Å². The zero-order valence-electron chi connectivity index (χ0n) is 23.7. The molecule has 4 N–H and O–H groups in total. The molecule has 0 unspecified atom stereocenters. The van der Waals surface area contributed by atoms with Crippen molar-refractivity contribution in [1.82, 2.24) is 9.88 Å². The summed E-state index contributed by atoms with van der Waals surface area (Å²) in [6.07, 6.45) is 8.83. The second-order valence-corrected chi connectivity index (χ2v) is 11.4. The van der Waals surface area contributed by atoms with Crippen LogP contribution < -0.4 is 4.74 Å². The Hall–Kier alpha value is -4.06. The fraction of sp³-hybridized carbons (Fsp3) is 0.438. The van der Waals surface area contributed by atoms with Gasteiger partial charge in [-0.1, -0.05) is 18.9 Å². The average Bonchev–Trinajstić information content (AvgIpc) is 3.54. The Morgan fingerprint density at radius 3 is 2.51 bits per heavy atom. The number of esters is 1. The summed E-state index contributed by atoms with van der Waals surface area (Å²) < 4.78 is 11.4. The third kappa shape index (κ3) is 6.48. The number of furan rings is 1. The maximum absolute atomic E-state index is 12.6. The van der Waals surface area contributed by atoms with Gasteiger partial charge >= 0.3 is 17.9 Å². The number of likely N-dealkylation sites (tertiary alicyclic amines) is 1. The number of aliphatic hydroxyl groups is 2. The van der Waals surface area contributed by atoms with Crippen LogP contribution in [0.25, 0.3) is 0 Å². The van der Waals surface area contributed by atoms with E-state index in [4.69, 9.17) is 29.6 Å². The second kappa shape index (κ2) is 13.1. The van der Waals surface area contributed by atoms with Crippen molar-refractivity contribution < 1.29 is 44.0 Å². The van der Waals surface area contributed by atoms with E-state index in [-0.39, 0.29) is 11.4 Å². The zero-order chi connectivity index (χ0) is 30.6. The summed E-state index contributed by atoms with van der Waals surface area (Å²) in [4.78, 5) is 38.9. The highest BCUT2D eigenvalue weighted by molar-refractivity contribution is 5.90. The van der Waals surface area contributed by atoms with Crippen molar-refractivity contribution in [1.29, 1.82) is 0 Å². The van der Waals surface area contributed by atoms with Gasteiger partial charge < -0.3 is 29.6 Å². The molecule has 2 bridgehead atoms. The van der Waals surface area contributed by atoms with Crippen molar-refractivity contribution >= 4 is 17.9 Å². The number of rotatable bonds is 8. The number of aliphatic carboxylic acids is 2. The van der Waals surface area contributed by atoms with Crippen molar-refractivity contribution in [3.05, 3.63) is 83.6 Å². The van der Waals surface area contributed by atoms with Gasteiger partial charge in [0.1, 0.15) is 11.5 Å². The minimum Gasteiger partial charge on any atom is -0.479 e. The Morgan fingerprint density at radius 2 is 1.84 bits per heavy atom. The van der Waals surface area contributed by atoms with E-state index in [0.29, 0.717) is 23.3 Å². The first kappa shape index (κ1) is 30.4. The van der Waals surface area contributed by atoms with Crippen LogP contribution in [0.3, 0.4) is 0 Å². The molecule has 2 aliphatic carbocycles. The summed E-state index contributed by atoms with van der Waals surface area (Å²) in [5.41, 5.74) is 3.57. The minimum absolute atomic E-state index is 0.217. The lowest BCUT2D eigenvalue weighted by molar-refractivity contribution is -0.165. The number of fused-ring (bicyclic) bond motifs is 1. The molecule has 0 spiro atoms. The van der Waals surface area contributed by atoms with Gasteiger partial charge in [0.2, 0.25) is 0 Å². The third-order valence-corrected chi connectivity index (χ3v) is 9.06. The third-order valence-electron chi connectivity index (χ3n) is 9.06. The summed E-state index contributed by atoms with van der Waals surface area (Å²) in [6, 6.07) is 14.5. The molecule has 1 saturated heterocycles. The number of hydrogen-bond acceptors (Lipinski definition) is 9. The van der Waals surface area contributed by atoms with Gasteiger partial charge in [-0.05, 0) is 85.7 Å². The molecule has 43 heavy (non-hydrogen) atoms. The topological polar surface area (TPSA) is 171 Å². The van der Waals surface area contributed by atoms with Crippen LogP contribution in [0.2, 0.25) is 0 Å². The Kier molecular flexibility index (Phi) is 9.24. The Morgan fingerprint density at radius 1 is 1.05 bits per heavy atom. The predicted molar refractivity (Wildman–Crippen MR) is 153 cm³/mol. The number of carboxylic acids is 2. The molecule has 3 heterocycles. The molecule has 0 radical (unpaired) electrons. The minimum atomic E-state index is -2.27. The molecule has 0 amide bonds. The molecule has 6 rings (SSSR count). The van der Waals surface area contributed by atoms with Gasteiger partial charge in [0.05, 0.1) is 11.8 Å². The average molecular weight is 593 g/mol. The van der Waals surface area contributed by atoms with Crippen molar-refractivity contribution in [3.8, 4) is 5.75 Å². The van der Waals surface area contributed by atoms with Gasteiger partial charge in [0.25, 0.3) is 0 Å². The maximum Gasteiger partial charge on any atom is 0.345 e. The molecule has 2 fully saturated rings. The second-order valence-electron chi connectivity index (χ2n) is 11.4. The number of carbonyl (C=O) groups is 3. The smallest absolute Gasteiger partial charge is 0.345 e. The first-order valence-corrected chi connectivity index (χ1v) is 14.5. The molecule has 3 aliphatic rings. The van der Waals surface area contributed by atoms with Crippen LogP contribution in [-0.2, 0) is 27.8 Å². The summed E-state index contributed by atoms with van der Waals surface area (Å²) in [5.74, 6) is -1.48. The Bertz CT molecular complexity index is 1410. The van der Waals surface area contributed by atoms with Crippen LogP contribution >= 0.6 is 0 Å². The summed E-state index contributed by atoms with van der Waals surface area (Å²) in [5, 5.41) is 32.5. The predicted octanol–water partition coefficient (Wildman–Crippen LogP) is 3.07. The van der Waals surface area contributed by atoms with E-state index in [0.717, 1.165) is 31.7 Å². The van der Waals surface area contributed by atoms with E-state index in [1.807, 2.05) is 12.1 Å². The number of pyridine rings is 1. The Balaban J connectivity index is 0.000000319. The molecule has 5 atom stereocenters. The van der Waals surface area contributed by atoms with E-state index in [1.165, 1.54) is 43.2 Å². The van der Waals surface area contributed by atoms with Crippen molar-refractivity contribution in [3.63, 3.8) is 0 Å². The lowest BCUT2D eigenvalue weighted by atomic mass is 9.52. The lowest BCUT2D eigenvalue weighted by Crippen LogP contribution is -2.61. The number of piperidine rings is 1. The van der Waals surface area contributed by atoms with Crippen LogP contribution in [0.1, 0.15) is 59.3 Å². The van der Waals surface area contributed by atoms with E-state index in [2.05, 4.69) is 28.1 Å². The fourth-order valence-corrected chi connectivity index (χ4v) is 7.03. The van der Waals surface area contributed by atoms with Crippen molar-refractivity contribution in [2.75, 3.05) is 13.1 Å². The van der Waals surface area contributed by atoms with Gasteiger partial charge in [-0.15, -0.1) is 0 Å². The van der Waals surface area contributed by atoms with Gasteiger partial charge in [-0.25, -0.2) is 14.4 Å². The number of hydrogen-bond donors (Lipinski definition) is 4. The molecule has 11 nitrogen and oxygen atoms in total.